The number of piperazine rings is 1. The molecule has 0 bridgehead atoms. The number of thiophene rings is 1. The molecule has 1 aromatic heterocycles. The topological polar surface area (TPSA) is 63.4 Å². The van der Waals surface area contributed by atoms with Crippen LogP contribution >= 0.6 is 11.3 Å². The Morgan fingerprint density at radius 1 is 1.50 bits per heavy atom. The van der Waals surface area contributed by atoms with E-state index < -0.39 is 6.10 Å². The number of hydrogen-bond acceptors (Lipinski definition) is 5. The third kappa shape index (κ3) is 5.57. The number of carbonyl (C=O) groups excluding carboxylic acids is 1. The quantitative estimate of drug-likeness (QED) is 0.738. The summed E-state index contributed by atoms with van der Waals surface area (Å²) in [4.78, 5) is 15.8. The molecule has 0 aliphatic carbocycles. The summed E-state index contributed by atoms with van der Waals surface area (Å²) in [5.74, 6) is 0. The monoisotopic (exact) mass is 329 g/mol. The van der Waals surface area contributed by atoms with E-state index in [1.165, 1.54) is 9.78 Å². The van der Waals surface area contributed by atoms with Crippen molar-refractivity contribution in [3.63, 3.8) is 0 Å². The first-order valence-electron chi connectivity index (χ1n) is 7.72. The molecule has 0 radical (unpaired) electrons. The number of amides is 1. The summed E-state index contributed by atoms with van der Waals surface area (Å²) in [7, 11) is 0. The third-order valence-electron chi connectivity index (χ3n) is 3.66. The lowest BCUT2D eigenvalue weighted by atomic mass is 10.3. The molecule has 0 saturated carbocycles. The molecule has 2 heterocycles. The zero-order valence-electron chi connectivity index (χ0n) is 13.0. The van der Waals surface area contributed by atoms with Gasteiger partial charge in [-0.1, -0.05) is 6.07 Å². The van der Waals surface area contributed by atoms with Gasteiger partial charge < -0.3 is 19.5 Å². The van der Waals surface area contributed by atoms with E-state index in [9.17, 15) is 9.90 Å². The highest BCUT2D eigenvalue weighted by Crippen LogP contribution is 2.09. The summed E-state index contributed by atoms with van der Waals surface area (Å²) in [6, 6.07) is 4.02. The average molecular weight is 329 g/mol. The van der Waals surface area contributed by atoms with Gasteiger partial charge in [-0.25, -0.2) is 4.79 Å². The summed E-state index contributed by atoms with van der Waals surface area (Å²) < 4.78 is 10.5. The van der Waals surface area contributed by atoms with Gasteiger partial charge in [0, 0.05) is 4.88 Å². The standard InChI is InChI=1S/C15H24N2O4S/c1-2-21-15(19)17-7-5-16(6-8-17)10-13(18)11-20-12-14-4-3-9-22-14/h3-4,9,13,18H,2,5-8,10-12H2,1H3/p+1/t13-/m1/s1. The zero-order valence-corrected chi connectivity index (χ0v) is 13.8. The summed E-state index contributed by atoms with van der Waals surface area (Å²) in [6.45, 7) is 6.80. The van der Waals surface area contributed by atoms with Crippen LogP contribution in [0.1, 0.15) is 11.8 Å². The molecule has 0 unspecified atom stereocenters. The smallest absolute Gasteiger partial charge is 0.410 e. The van der Waals surface area contributed by atoms with Crippen LogP contribution in [0.5, 0.6) is 0 Å². The minimum Gasteiger partial charge on any atom is -0.450 e. The first-order valence-corrected chi connectivity index (χ1v) is 8.60. The van der Waals surface area contributed by atoms with Crippen LogP contribution in [0.2, 0.25) is 0 Å². The van der Waals surface area contributed by atoms with Crippen molar-refractivity contribution in [2.45, 2.75) is 19.6 Å². The fraction of sp³-hybridized carbons (Fsp3) is 0.667. The maximum Gasteiger partial charge on any atom is 0.410 e. The van der Waals surface area contributed by atoms with Gasteiger partial charge in [-0.3, -0.25) is 4.90 Å². The van der Waals surface area contributed by atoms with E-state index in [2.05, 4.69) is 0 Å². The SMILES string of the molecule is CCOC(=O)N1CC[NH+](C[C@@H](O)COCc2cccs2)CC1. The summed E-state index contributed by atoms with van der Waals surface area (Å²) in [5.41, 5.74) is 0. The van der Waals surface area contributed by atoms with Gasteiger partial charge in [0.15, 0.2) is 0 Å². The number of hydrogen-bond donors (Lipinski definition) is 2. The van der Waals surface area contributed by atoms with Crippen molar-refractivity contribution in [3.05, 3.63) is 22.4 Å². The lowest BCUT2D eigenvalue weighted by Gasteiger charge is -2.32. The Kier molecular flexibility index (Phi) is 7.11. The Morgan fingerprint density at radius 2 is 2.27 bits per heavy atom. The average Bonchev–Trinajstić information content (AvgIpc) is 3.01. The molecule has 1 aromatic rings. The zero-order chi connectivity index (χ0) is 15.8. The van der Waals surface area contributed by atoms with Crippen molar-refractivity contribution < 1.29 is 24.3 Å². The molecule has 0 aromatic carbocycles. The van der Waals surface area contributed by atoms with Crippen molar-refractivity contribution >= 4 is 17.4 Å². The molecular formula is C15H25N2O4S+. The van der Waals surface area contributed by atoms with Crippen molar-refractivity contribution in [3.8, 4) is 0 Å². The number of rotatable bonds is 7. The molecule has 1 aliphatic heterocycles. The Labute approximate surface area is 135 Å². The molecule has 1 aliphatic rings. The van der Waals surface area contributed by atoms with Gasteiger partial charge in [0.1, 0.15) is 12.6 Å². The summed E-state index contributed by atoms with van der Waals surface area (Å²) in [5, 5.41) is 12.1. The first-order chi connectivity index (χ1) is 10.7. The predicted molar refractivity (Wildman–Crippen MR) is 84.1 cm³/mol. The van der Waals surface area contributed by atoms with Crippen molar-refractivity contribution in [1.82, 2.24) is 4.90 Å². The molecule has 7 heteroatoms. The van der Waals surface area contributed by atoms with E-state index in [1.807, 2.05) is 24.4 Å². The van der Waals surface area contributed by atoms with Crippen LogP contribution in [-0.2, 0) is 16.1 Å². The molecule has 1 saturated heterocycles. The Hall–Kier alpha value is -1.15. The van der Waals surface area contributed by atoms with Gasteiger partial charge in [-0.2, -0.15) is 0 Å². The van der Waals surface area contributed by atoms with Crippen LogP contribution in [-0.4, -0.2) is 68.1 Å². The van der Waals surface area contributed by atoms with Crippen LogP contribution in [0.4, 0.5) is 4.79 Å². The molecule has 0 spiro atoms. The van der Waals surface area contributed by atoms with Crippen molar-refractivity contribution in [2.24, 2.45) is 0 Å². The number of ether oxygens (including phenoxy) is 2. The van der Waals surface area contributed by atoms with Gasteiger partial charge in [0.05, 0.1) is 46.0 Å². The second-order valence-electron chi connectivity index (χ2n) is 5.39. The second-order valence-corrected chi connectivity index (χ2v) is 6.42. The van der Waals surface area contributed by atoms with Crippen LogP contribution in [0.25, 0.3) is 0 Å². The highest BCUT2D eigenvalue weighted by atomic mass is 32.1. The van der Waals surface area contributed by atoms with Gasteiger partial charge in [-0.15, -0.1) is 11.3 Å². The van der Waals surface area contributed by atoms with Gasteiger partial charge in [0.25, 0.3) is 0 Å². The van der Waals surface area contributed by atoms with Crippen LogP contribution < -0.4 is 4.90 Å². The molecule has 2 N–H and O–H groups in total. The lowest BCUT2D eigenvalue weighted by molar-refractivity contribution is -0.907. The molecule has 2 rings (SSSR count). The molecule has 124 valence electrons. The Bertz CT molecular complexity index is 433. The predicted octanol–water partition coefficient (Wildman–Crippen LogP) is -0.0174. The number of carbonyl (C=O) groups is 1. The highest BCUT2D eigenvalue weighted by molar-refractivity contribution is 7.09. The van der Waals surface area contributed by atoms with Crippen LogP contribution in [0.3, 0.4) is 0 Å². The van der Waals surface area contributed by atoms with E-state index >= 15 is 0 Å². The molecule has 1 amide bonds. The highest BCUT2D eigenvalue weighted by Gasteiger charge is 2.25. The summed E-state index contributed by atoms with van der Waals surface area (Å²) in [6.07, 6.45) is -0.703. The summed E-state index contributed by atoms with van der Waals surface area (Å²) >= 11 is 1.66. The Balaban J connectivity index is 1.60. The van der Waals surface area contributed by atoms with Crippen LogP contribution in [0, 0.1) is 0 Å². The second kappa shape index (κ2) is 9.09. The van der Waals surface area contributed by atoms with Gasteiger partial charge in [0.2, 0.25) is 0 Å². The fourth-order valence-corrected chi connectivity index (χ4v) is 3.15. The molecule has 6 nitrogen and oxygen atoms in total. The molecule has 1 atom stereocenters. The normalized spacial score (nSPS) is 17.5. The lowest BCUT2D eigenvalue weighted by Crippen LogP contribution is -3.15. The Morgan fingerprint density at radius 3 is 2.91 bits per heavy atom. The van der Waals surface area contributed by atoms with Gasteiger partial charge >= 0.3 is 6.09 Å². The number of nitrogens with zero attached hydrogens (tertiary/aromatic N) is 1. The van der Waals surface area contributed by atoms with Crippen molar-refractivity contribution in [2.75, 3.05) is 45.9 Å². The van der Waals surface area contributed by atoms with Gasteiger partial charge in [-0.05, 0) is 18.4 Å². The van der Waals surface area contributed by atoms with E-state index in [0.717, 1.165) is 13.1 Å². The van der Waals surface area contributed by atoms with Crippen LogP contribution in [0.15, 0.2) is 17.5 Å². The first kappa shape index (κ1) is 17.2. The van der Waals surface area contributed by atoms with Crippen molar-refractivity contribution in [1.29, 1.82) is 0 Å². The third-order valence-corrected chi connectivity index (χ3v) is 4.51. The minimum absolute atomic E-state index is 0.235. The molecule has 1 fully saturated rings. The number of nitrogens with one attached hydrogen (secondary N) is 1. The number of aliphatic hydroxyl groups is 1. The fourth-order valence-electron chi connectivity index (χ4n) is 2.51. The number of quaternary nitrogens is 1. The molecule has 22 heavy (non-hydrogen) atoms. The van der Waals surface area contributed by atoms with E-state index in [1.54, 1.807) is 16.2 Å². The number of aliphatic hydroxyl groups excluding tert-OH is 1. The van der Waals surface area contributed by atoms with E-state index in [4.69, 9.17) is 9.47 Å². The molecular weight excluding hydrogens is 304 g/mol. The minimum atomic E-state index is -0.468. The van der Waals surface area contributed by atoms with E-state index in [0.29, 0.717) is 39.5 Å². The maximum absolute atomic E-state index is 11.6. The maximum atomic E-state index is 11.6. The largest absolute Gasteiger partial charge is 0.450 e. The van der Waals surface area contributed by atoms with E-state index in [-0.39, 0.29) is 6.09 Å².